The first-order valence-corrected chi connectivity index (χ1v) is 11.5. The summed E-state index contributed by atoms with van der Waals surface area (Å²) >= 11 is 0. The van der Waals surface area contributed by atoms with Gasteiger partial charge in [-0.05, 0) is 48.6 Å². The first kappa shape index (κ1) is 23.0. The van der Waals surface area contributed by atoms with E-state index in [4.69, 9.17) is 0 Å². The molecule has 2 N–H and O–H groups in total. The molecule has 2 aromatic carbocycles. The van der Waals surface area contributed by atoms with E-state index in [0.29, 0.717) is 24.1 Å². The molecule has 7 heteroatoms. The maximum atomic E-state index is 15.0. The van der Waals surface area contributed by atoms with E-state index in [9.17, 15) is 13.2 Å². The lowest BCUT2D eigenvalue weighted by Crippen LogP contribution is -2.36. The Morgan fingerprint density at radius 2 is 1.72 bits per heavy atom. The summed E-state index contributed by atoms with van der Waals surface area (Å²) in [7, 11) is -3.47. The Hall–Kier alpha value is -2.25. The summed E-state index contributed by atoms with van der Waals surface area (Å²) in [4.78, 5) is 11.8. The number of hydrogen-bond acceptors (Lipinski definition) is 3. The molecule has 1 amide bonds. The Labute approximate surface area is 172 Å². The van der Waals surface area contributed by atoms with Crippen molar-refractivity contribution < 1.29 is 17.6 Å². The van der Waals surface area contributed by atoms with Crippen LogP contribution in [0.25, 0.3) is 11.1 Å². The molecule has 0 aliphatic rings. The van der Waals surface area contributed by atoms with Gasteiger partial charge in [-0.3, -0.25) is 4.79 Å². The molecule has 5 nitrogen and oxygen atoms in total. The van der Waals surface area contributed by atoms with Gasteiger partial charge >= 0.3 is 0 Å². The van der Waals surface area contributed by atoms with Gasteiger partial charge in [-0.1, -0.05) is 50.2 Å². The van der Waals surface area contributed by atoms with E-state index in [-0.39, 0.29) is 18.2 Å². The number of nitrogens with one attached hydrogen (secondary N) is 2. The van der Waals surface area contributed by atoms with Crippen LogP contribution in [-0.4, -0.2) is 26.6 Å². The second kappa shape index (κ2) is 9.98. The highest BCUT2D eigenvalue weighted by Gasteiger charge is 2.27. The second-order valence-electron chi connectivity index (χ2n) is 7.29. The molecule has 29 heavy (non-hydrogen) atoms. The normalized spacial score (nSPS) is 13.7. The number of benzene rings is 2. The molecular weight excluding hydrogens is 391 g/mol. The average Bonchev–Trinajstić information content (AvgIpc) is 2.67. The molecule has 0 heterocycles. The smallest absolute Gasteiger partial charge is 0.224 e. The summed E-state index contributed by atoms with van der Waals surface area (Å²) in [6, 6.07) is 14.4. The van der Waals surface area contributed by atoms with Gasteiger partial charge in [0.25, 0.3) is 0 Å². The number of carbonyl (C=O) groups excluding carboxylic acids is 1. The van der Waals surface area contributed by atoms with Crippen LogP contribution in [-0.2, 0) is 20.5 Å². The summed E-state index contributed by atoms with van der Waals surface area (Å²) in [6.45, 7) is 4.76. The minimum absolute atomic E-state index is 0.0207. The van der Waals surface area contributed by atoms with Crippen molar-refractivity contribution in [3.05, 3.63) is 54.1 Å². The monoisotopic (exact) mass is 420 g/mol. The number of anilines is 1. The van der Waals surface area contributed by atoms with Crippen molar-refractivity contribution in [3.63, 3.8) is 0 Å². The SMILES string of the molecule is CCCC(=O)Nc1cccc(-c2ccc(C(C)(F)CNS(=O)(=O)CCC)cc2)c1. The van der Waals surface area contributed by atoms with Crippen LogP contribution in [0, 0.1) is 0 Å². The topological polar surface area (TPSA) is 75.3 Å². The van der Waals surface area contributed by atoms with Crippen molar-refractivity contribution in [1.82, 2.24) is 4.72 Å². The van der Waals surface area contributed by atoms with E-state index in [1.54, 1.807) is 31.2 Å². The summed E-state index contributed by atoms with van der Waals surface area (Å²) in [6.07, 6.45) is 1.73. The summed E-state index contributed by atoms with van der Waals surface area (Å²) in [5.41, 5.74) is 1.06. The quantitative estimate of drug-likeness (QED) is 0.590. The fraction of sp³-hybridized carbons (Fsp3) is 0.409. The Kier molecular flexibility index (Phi) is 7.93. The lowest BCUT2D eigenvalue weighted by molar-refractivity contribution is -0.116. The van der Waals surface area contributed by atoms with Gasteiger partial charge in [0.2, 0.25) is 15.9 Å². The van der Waals surface area contributed by atoms with E-state index < -0.39 is 15.7 Å². The van der Waals surface area contributed by atoms with Crippen LogP contribution in [0.3, 0.4) is 0 Å². The van der Waals surface area contributed by atoms with Gasteiger partial charge in [0.05, 0.1) is 5.75 Å². The van der Waals surface area contributed by atoms with Gasteiger partial charge in [0.15, 0.2) is 0 Å². The minimum Gasteiger partial charge on any atom is -0.326 e. The van der Waals surface area contributed by atoms with Crippen LogP contribution in [0.5, 0.6) is 0 Å². The molecule has 1 atom stereocenters. The number of halogens is 1. The molecule has 1 unspecified atom stereocenters. The van der Waals surface area contributed by atoms with Crippen LogP contribution in [0.15, 0.2) is 48.5 Å². The van der Waals surface area contributed by atoms with E-state index in [1.807, 2.05) is 31.2 Å². The zero-order valence-electron chi connectivity index (χ0n) is 17.2. The van der Waals surface area contributed by atoms with E-state index in [0.717, 1.165) is 17.5 Å². The Balaban J connectivity index is 2.12. The highest BCUT2D eigenvalue weighted by atomic mass is 32.2. The molecule has 2 rings (SSSR count). The zero-order valence-corrected chi connectivity index (χ0v) is 18.0. The average molecular weight is 421 g/mol. The lowest BCUT2D eigenvalue weighted by Gasteiger charge is -2.22. The molecule has 158 valence electrons. The van der Waals surface area contributed by atoms with Crippen LogP contribution < -0.4 is 10.0 Å². The molecule has 2 aromatic rings. The molecule has 0 aliphatic heterocycles. The molecule has 0 fully saturated rings. The minimum atomic E-state index is -3.47. The van der Waals surface area contributed by atoms with E-state index >= 15 is 4.39 Å². The van der Waals surface area contributed by atoms with Gasteiger partial charge < -0.3 is 5.32 Å². The molecule has 0 aliphatic carbocycles. The molecule has 0 aromatic heterocycles. The van der Waals surface area contributed by atoms with Crippen molar-refractivity contribution in [2.24, 2.45) is 0 Å². The summed E-state index contributed by atoms with van der Waals surface area (Å²) < 4.78 is 40.9. The van der Waals surface area contributed by atoms with Crippen molar-refractivity contribution in [2.75, 3.05) is 17.6 Å². The summed E-state index contributed by atoms with van der Waals surface area (Å²) in [5, 5.41) is 2.87. The number of alkyl halides is 1. The fourth-order valence-electron chi connectivity index (χ4n) is 2.93. The molecule has 0 spiro atoms. The van der Waals surface area contributed by atoms with Crippen LogP contribution in [0.4, 0.5) is 10.1 Å². The Bertz CT molecular complexity index is 925. The molecule has 0 saturated carbocycles. The number of rotatable bonds is 10. The zero-order chi connectivity index (χ0) is 21.5. The Morgan fingerprint density at radius 1 is 1.03 bits per heavy atom. The van der Waals surface area contributed by atoms with Crippen molar-refractivity contribution >= 4 is 21.6 Å². The molecule has 0 saturated heterocycles. The highest BCUT2D eigenvalue weighted by Crippen LogP contribution is 2.29. The van der Waals surface area contributed by atoms with Crippen LogP contribution >= 0.6 is 0 Å². The summed E-state index contributed by atoms with van der Waals surface area (Å²) in [5.74, 6) is -0.0496. The Morgan fingerprint density at radius 3 is 2.34 bits per heavy atom. The van der Waals surface area contributed by atoms with Gasteiger partial charge in [0.1, 0.15) is 5.67 Å². The van der Waals surface area contributed by atoms with Gasteiger partial charge in [-0.25, -0.2) is 17.5 Å². The fourth-order valence-corrected chi connectivity index (χ4v) is 4.10. The predicted octanol–water partition coefficient (Wildman–Crippen LogP) is 4.61. The van der Waals surface area contributed by atoms with Crippen molar-refractivity contribution in [3.8, 4) is 11.1 Å². The number of hydrogen-bond donors (Lipinski definition) is 2. The molecular formula is C22H29FN2O3S. The first-order chi connectivity index (χ1) is 13.7. The van der Waals surface area contributed by atoms with Gasteiger partial charge in [-0.15, -0.1) is 0 Å². The highest BCUT2D eigenvalue weighted by molar-refractivity contribution is 7.89. The van der Waals surface area contributed by atoms with E-state index in [2.05, 4.69) is 10.0 Å². The third-order valence-corrected chi connectivity index (χ3v) is 6.07. The maximum absolute atomic E-state index is 15.0. The predicted molar refractivity (Wildman–Crippen MR) is 116 cm³/mol. The third kappa shape index (κ3) is 6.94. The number of sulfonamides is 1. The van der Waals surface area contributed by atoms with E-state index in [1.165, 1.54) is 6.92 Å². The van der Waals surface area contributed by atoms with Gasteiger partial charge in [0, 0.05) is 18.7 Å². The van der Waals surface area contributed by atoms with Crippen molar-refractivity contribution in [1.29, 1.82) is 0 Å². The standard InChI is InChI=1S/C22H29FN2O3S/c1-4-7-21(26)25-20-9-6-8-18(15-20)17-10-12-19(13-11-17)22(3,23)16-24-29(27,28)14-5-2/h6,8-13,15,24H,4-5,7,14,16H2,1-3H3,(H,25,26). The van der Waals surface area contributed by atoms with Crippen LogP contribution in [0.2, 0.25) is 0 Å². The number of carbonyl (C=O) groups is 1. The van der Waals surface area contributed by atoms with Gasteiger partial charge in [-0.2, -0.15) is 0 Å². The molecule has 0 radical (unpaired) electrons. The molecule has 0 bridgehead atoms. The largest absolute Gasteiger partial charge is 0.326 e. The third-order valence-electron chi connectivity index (χ3n) is 4.54. The van der Waals surface area contributed by atoms with Crippen molar-refractivity contribution in [2.45, 2.75) is 45.7 Å². The van der Waals surface area contributed by atoms with Crippen LogP contribution in [0.1, 0.15) is 45.6 Å². The first-order valence-electron chi connectivity index (χ1n) is 9.84. The lowest BCUT2D eigenvalue weighted by atomic mass is 9.95. The second-order valence-corrected chi connectivity index (χ2v) is 9.22. The number of amides is 1. The maximum Gasteiger partial charge on any atom is 0.224 e.